The van der Waals surface area contributed by atoms with E-state index in [-0.39, 0.29) is 0 Å². The Bertz CT molecular complexity index is 1510. The van der Waals surface area contributed by atoms with Gasteiger partial charge in [-0.3, -0.25) is 9.80 Å². The highest BCUT2D eigenvalue weighted by molar-refractivity contribution is 5.48. The second-order valence-electron chi connectivity index (χ2n) is 13.1. The van der Waals surface area contributed by atoms with Crippen molar-refractivity contribution >= 4 is 0 Å². The van der Waals surface area contributed by atoms with Gasteiger partial charge in [-0.05, 0) is 120 Å². The van der Waals surface area contributed by atoms with Crippen LogP contribution in [0, 0.1) is 0 Å². The molecule has 226 valence electrons. The molecule has 0 fully saturated rings. The summed E-state index contributed by atoms with van der Waals surface area (Å²) < 4.78 is 12.4. The highest BCUT2D eigenvalue weighted by Crippen LogP contribution is 2.42. The van der Waals surface area contributed by atoms with Gasteiger partial charge in [-0.1, -0.05) is 60.7 Å². The third-order valence-electron chi connectivity index (χ3n) is 10.5. The van der Waals surface area contributed by atoms with Gasteiger partial charge < -0.3 is 9.47 Å². The fourth-order valence-electron chi connectivity index (χ4n) is 8.22. The number of hydrogen-bond acceptors (Lipinski definition) is 4. The van der Waals surface area contributed by atoms with Crippen molar-refractivity contribution in [3.8, 4) is 11.5 Å². The van der Waals surface area contributed by atoms with E-state index in [2.05, 4.69) is 94.7 Å². The normalized spacial score (nSPS) is 20.4. The largest absolute Gasteiger partial charge is 0.494 e. The Kier molecular flexibility index (Phi) is 7.88. The van der Waals surface area contributed by atoms with Crippen LogP contribution in [0.25, 0.3) is 0 Å². The molecule has 8 rings (SSSR count). The van der Waals surface area contributed by atoms with Crippen LogP contribution >= 0.6 is 0 Å². The Morgan fingerprint density at radius 1 is 0.455 bits per heavy atom. The first-order valence-electron chi connectivity index (χ1n) is 17.0. The van der Waals surface area contributed by atoms with Gasteiger partial charge in [-0.25, -0.2) is 0 Å². The van der Waals surface area contributed by atoms with Crippen LogP contribution in [0.3, 0.4) is 0 Å². The minimum absolute atomic E-state index is 0.404. The highest BCUT2D eigenvalue weighted by Gasteiger charge is 2.34. The molecule has 4 nitrogen and oxygen atoms in total. The molecular formula is C40H44N2O2. The first kappa shape index (κ1) is 27.9. The molecule has 44 heavy (non-hydrogen) atoms. The fraction of sp³-hybridized carbons (Fsp3) is 0.400. The SMILES string of the molecule is c1ccc2c(c1)CCN1CCc3cc(OCCCCCCOc4ccc5c(c4)CCN4CCc6ccccc6C54)ccc3C21. The average Bonchev–Trinajstić information content (AvgIpc) is 3.08. The van der Waals surface area contributed by atoms with E-state index in [9.17, 15) is 0 Å². The third-order valence-corrected chi connectivity index (χ3v) is 10.5. The number of fused-ring (bicyclic) bond motifs is 10. The van der Waals surface area contributed by atoms with Gasteiger partial charge in [0.2, 0.25) is 0 Å². The van der Waals surface area contributed by atoms with Crippen molar-refractivity contribution in [1.82, 2.24) is 9.80 Å². The molecule has 4 heteroatoms. The van der Waals surface area contributed by atoms with Crippen molar-refractivity contribution < 1.29 is 9.47 Å². The van der Waals surface area contributed by atoms with Crippen molar-refractivity contribution in [2.75, 3.05) is 39.4 Å². The van der Waals surface area contributed by atoms with E-state index in [1.165, 1.54) is 70.2 Å². The molecule has 0 N–H and O–H groups in total. The zero-order chi connectivity index (χ0) is 29.3. The molecule has 4 aromatic rings. The van der Waals surface area contributed by atoms with Gasteiger partial charge in [0.15, 0.2) is 0 Å². The van der Waals surface area contributed by atoms with Gasteiger partial charge in [0.05, 0.1) is 25.3 Å². The smallest absolute Gasteiger partial charge is 0.119 e. The lowest BCUT2D eigenvalue weighted by atomic mass is 9.83. The summed E-state index contributed by atoms with van der Waals surface area (Å²) in [4.78, 5) is 5.31. The fourth-order valence-corrected chi connectivity index (χ4v) is 8.22. The van der Waals surface area contributed by atoms with Crippen LogP contribution in [0.5, 0.6) is 11.5 Å². The zero-order valence-electron chi connectivity index (χ0n) is 25.8. The number of ether oxygens (including phenoxy) is 2. The first-order valence-corrected chi connectivity index (χ1v) is 17.0. The molecule has 0 aliphatic carbocycles. The molecule has 0 bridgehead atoms. The van der Waals surface area contributed by atoms with Crippen LogP contribution in [0.4, 0.5) is 0 Å². The quantitative estimate of drug-likeness (QED) is 0.188. The second kappa shape index (κ2) is 12.4. The summed E-state index contributed by atoms with van der Waals surface area (Å²) in [5.41, 5.74) is 11.9. The Balaban J connectivity index is 0.788. The maximum Gasteiger partial charge on any atom is 0.119 e. The van der Waals surface area contributed by atoms with Crippen molar-refractivity contribution in [2.45, 2.75) is 63.5 Å². The monoisotopic (exact) mass is 584 g/mol. The minimum Gasteiger partial charge on any atom is -0.494 e. The summed E-state index contributed by atoms with van der Waals surface area (Å²) in [6.45, 7) is 6.15. The molecule has 4 aromatic carbocycles. The third kappa shape index (κ3) is 5.44. The Morgan fingerprint density at radius 2 is 0.864 bits per heavy atom. The van der Waals surface area contributed by atoms with Crippen molar-refractivity contribution in [3.63, 3.8) is 0 Å². The molecule has 0 spiro atoms. The van der Waals surface area contributed by atoms with Crippen molar-refractivity contribution in [2.24, 2.45) is 0 Å². The molecule has 0 aromatic heterocycles. The van der Waals surface area contributed by atoms with E-state index in [0.29, 0.717) is 12.1 Å². The second-order valence-corrected chi connectivity index (χ2v) is 13.1. The van der Waals surface area contributed by atoms with E-state index < -0.39 is 0 Å². The van der Waals surface area contributed by atoms with Crippen LogP contribution in [-0.2, 0) is 25.7 Å². The summed E-state index contributed by atoms with van der Waals surface area (Å²) in [7, 11) is 0. The molecule has 4 aliphatic rings. The molecule has 2 unspecified atom stereocenters. The van der Waals surface area contributed by atoms with Crippen LogP contribution in [-0.4, -0.2) is 49.2 Å². The van der Waals surface area contributed by atoms with E-state index in [0.717, 1.165) is 76.6 Å². The lowest BCUT2D eigenvalue weighted by Crippen LogP contribution is -2.40. The number of rotatable bonds is 9. The molecular weight excluding hydrogens is 540 g/mol. The maximum atomic E-state index is 6.22. The minimum atomic E-state index is 0.404. The predicted molar refractivity (Wildman–Crippen MR) is 177 cm³/mol. The Hall–Kier alpha value is -3.60. The van der Waals surface area contributed by atoms with Crippen LogP contribution in [0.15, 0.2) is 84.9 Å². The van der Waals surface area contributed by atoms with E-state index in [1.807, 2.05) is 0 Å². The topological polar surface area (TPSA) is 24.9 Å². The molecule has 4 heterocycles. The van der Waals surface area contributed by atoms with Crippen LogP contribution in [0.1, 0.15) is 82.3 Å². The lowest BCUT2D eigenvalue weighted by molar-refractivity contribution is 0.201. The molecule has 0 radical (unpaired) electrons. The Morgan fingerprint density at radius 3 is 1.34 bits per heavy atom. The summed E-state index contributed by atoms with van der Waals surface area (Å²) in [5.74, 6) is 2.05. The van der Waals surface area contributed by atoms with Gasteiger partial charge in [0.1, 0.15) is 11.5 Å². The summed E-state index contributed by atoms with van der Waals surface area (Å²) in [5, 5.41) is 0. The van der Waals surface area contributed by atoms with Crippen molar-refractivity contribution in [1.29, 1.82) is 0 Å². The lowest BCUT2D eigenvalue weighted by Gasteiger charge is -2.42. The molecule has 0 amide bonds. The predicted octanol–water partition coefficient (Wildman–Crippen LogP) is 7.71. The van der Waals surface area contributed by atoms with Crippen molar-refractivity contribution in [3.05, 3.63) is 129 Å². The van der Waals surface area contributed by atoms with Gasteiger partial charge in [0, 0.05) is 26.2 Å². The molecule has 4 aliphatic heterocycles. The highest BCUT2D eigenvalue weighted by atomic mass is 16.5. The maximum absolute atomic E-state index is 6.22. The Labute approximate surface area is 262 Å². The van der Waals surface area contributed by atoms with Gasteiger partial charge >= 0.3 is 0 Å². The zero-order valence-corrected chi connectivity index (χ0v) is 25.8. The molecule has 2 atom stereocenters. The van der Waals surface area contributed by atoms with Gasteiger partial charge in [0.25, 0.3) is 0 Å². The summed E-state index contributed by atoms with van der Waals surface area (Å²) in [6, 6.07) is 32.5. The van der Waals surface area contributed by atoms with Crippen LogP contribution < -0.4 is 9.47 Å². The van der Waals surface area contributed by atoms with E-state index in [1.54, 1.807) is 0 Å². The number of unbranched alkanes of at least 4 members (excludes halogenated alkanes) is 3. The van der Waals surface area contributed by atoms with E-state index in [4.69, 9.17) is 9.47 Å². The van der Waals surface area contributed by atoms with E-state index >= 15 is 0 Å². The first-order chi connectivity index (χ1) is 21.8. The number of benzene rings is 4. The van der Waals surface area contributed by atoms with Gasteiger partial charge in [-0.2, -0.15) is 0 Å². The van der Waals surface area contributed by atoms with Gasteiger partial charge in [-0.15, -0.1) is 0 Å². The average molecular weight is 585 g/mol. The standard InChI is InChI=1S/C40H44N2O2/c1(7-25-43-33-13-15-37-31(27-33)19-23-41-21-17-29-9-3-5-11-35(29)39(37)41)2-8-26-44-34-14-16-38-32(28-34)20-24-42-22-18-30-10-4-6-12-36(30)40(38)42/h3-6,9-16,27-28,39-40H,1-2,7-8,17-26H2. The van der Waals surface area contributed by atoms with Crippen LogP contribution in [0.2, 0.25) is 0 Å². The number of hydrogen-bond donors (Lipinski definition) is 0. The number of nitrogens with zero attached hydrogens (tertiary/aromatic N) is 2. The summed E-state index contributed by atoms with van der Waals surface area (Å²) in [6.07, 6.45) is 9.06. The molecule has 0 saturated heterocycles. The molecule has 0 saturated carbocycles. The summed E-state index contributed by atoms with van der Waals surface area (Å²) >= 11 is 0.